The third-order valence-corrected chi connectivity index (χ3v) is 4.15. The van der Waals surface area contributed by atoms with E-state index in [1.807, 2.05) is 75.4 Å². The molecule has 3 rings (SSSR count). The molecule has 1 aromatic carbocycles. The Morgan fingerprint density at radius 2 is 1.92 bits per heavy atom. The molecule has 0 unspecified atom stereocenters. The number of aryl methyl sites for hydroxylation is 2. The highest BCUT2D eigenvalue weighted by molar-refractivity contribution is 5.95. The summed E-state index contributed by atoms with van der Waals surface area (Å²) < 4.78 is 3.50. The number of hydrogen-bond acceptors (Lipinski definition) is 3. The summed E-state index contributed by atoms with van der Waals surface area (Å²) in [5, 5.41) is 8.69. The van der Waals surface area contributed by atoms with Crippen LogP contribution in [0.25, 0.3) is 5.69 Å². The van der Waals surface area contributed by atoms with Crippen molar-refractivity contribution in [2.45, 2.75) is 33.4 Å². The van der Waals surface area contributed by atoms with Gasteiger partial charge in [0.2, 0.25) is 0 Å². The van der Waals surface area contributed by atoms with E-state index in [-0.39, 0.29) is 11.9 Å². The van der Waals surface area contributed by atoms with Crippen LogP contribution in [0.2, 0.25) is 0 Å². The molecule has 130 valence electrons. The molecular formula is C19H23N5O. The predicted octanol–water partition coefficient (Wildman–Crippen LogP) is 2.97. The molecule has 0 N–H and O–H groups in total. The Morgan fingerprint density at radius 3 is 2.52 bits per heavy atom. The van der Waals surface area contributed by atoms with Gasteiger partial charge in [-0.05, 0) is 32.9 Å². The first-order chi connectivity index (χ1) is 12.0. The second-order valence-electron chi connectivity index (χ2n) is 6.46. The molecule has 0 aliphatic rings. The fourth-order valence-electron chi connectivity index (χ4n) is 2.78. The van der Waals surface area contributed by atoms with Crippen LogP contribution in [0.1, 0.15) is 35.5 Å². The number of carbonyl (C=O) groups excluding carboxylic acids is 1. The van der Waals surface area contributed by atoms with Crippen LogP contribution < -0.4 is 0 Å². The zero-order valence-corrected chi connectivity index (χ0v) is 15.0. The lowest BCUT2D eigenvalue weighted by molar-refractivity contribution is 0.0689. The number of carbonyl (C=O) groups is 1. The molecule has 0 aliphatic carbocycles. The smallest absolute Gasteiger partial charge is 0.257 e. The average Bonchev–Trinajstić information content (AvgIpc) is 3.18. The number of rotatable bonds is 5. The number of aromatic nitrogens is 4. The van der Waals surface area contributed by atoms with E-state index >= 15 is 0 Å². The highest BCUT2D eigenvalue weighted by atomic mass is 16.2. The van der Waals surface area contributed by atoms with Crippen LogP contribution in [0.4, 0.5) is 0 Å². The number of hydrogen-bond donors (Lipinski definition) is 0. The van der Waals surface area contributed by atoms with E-state index in [9.17, 15) is 4.79 Å². The fraction of sp³-hybridized carbons (Fsp3) is 0.316. The Bertz CT molecular complexity index is 863. The van der Waals surface area contributed by atoms with Crippen molar-refractivity contribution in [3.05, 3.63) is 65.7 Å². The van der Waals surface area contributed by atoms with E-state index in [0.717, 1.165) is 16.9 Å². The Morgan fingerprint density at radius 1 is 1.20 bits per heavy atom. The summed E-state index contributed by atoms with van der Waals surface area (Å²) in [7, 11) is 1.87. The molecule has 3 aromatic rings. The fourth-order valence-corrected chi connectivity index (χ4v) is 2.78. The zero-order chi connectivity index (χ0) is 18.0. The standard InChI is InChI=1S/C19H23N5O/c1-14(2)23(12-16-10-20-22(4)11-16)19(25)18-13-24(21-15(18)3)17-8-6-5-7-9-17/h5-11,13-14H,12H2,1-4H3. The highest BCUT2D eigenvalue weighted by Gasteiger charge is 2.23. The van der Waals surface area contributed by atoms with Crippen molar-refractivity contribution in [2.24, 2.45) is 7.05 Å². The minimum Gasteiger partial charge on any atom is -0.332 e. The molecule has 0 aliphatic heterocycles. The summed E-state index contributed by atoms with van der Waals surface area (Å²) in [5.74, 6) is -0.0152. The minimum atomic E-state index is -0.0152. The molecule has 6 nitrogen and oxygen atoms in total. The highest BCUT2D eigenvalue weighted by Crippen LogP contribution is 2.17. The van der Waals surface area contributed by atoms with Gasteiger partial charge in [0.1, 0.15) is 0 Å². The van der Waals surface area contributed by atoms with E-state index in [2.05, 4.69) is 10.2 Å². The van der Waals surface area contributed by atoms with Gasteiger partial charge >= 0.3 is 0 Å². The molecule has 6 heteroatoms. The third-order valence-electron chi connectivity index (χ3n) is 4.15. The summed E-state index contributed by atoms with van der Waals surface area (Å²) >= 11 is 0. The van der Waals surface area contributed by atoms with Gasteiger partial charge in [-0.2, -0.15) is 10.2 Å². The first kappa shape index (κ1) is 17.0. The minimum absolute atomic E-state index is 0.0152. The summed E-state index contributed by atoms with van der Waals surface area (Å²) in [4.78, 5) is 15.0. The van der Waals surface area contributed by atoms with Crippen LogP contribution in [0.5, 0.6) is 0 Å². The lowest BCUT2D eigenvalue weighted by Gasteiger charge is -2.26. The van der Waals surface area contributed by atoms with Crippen molar-refractivity contribution in [3.63, 3.8) is 0 Å². The van der Waals surface area contributed by atoms with Crippen molar-refractivity contribution >= 4 is 5.91 Å². The second kappa shape index (κ2) is 6.93. The third kappa shape index (κ3) is 3.63. The maximum atomic E-state index is 13.1. The van der Waals surface area contributed by atoms with E-state index in [0.29, 0.717) is 12.1 Å². The molecule has 0 saturated carbocycles. The van der Waals surface area contributed by atoms with Gasteiger partial charge in [0.25, 0.3) is 5.91 Å². The van der Waals surface area contributed by atoms with Crippen molar-refractivity contribution < 1.29 is 4.79 Å². The Kier molecular flexibility index (Phi) is 4.70. The van der Waals surface area contributed by atoms with Gasteiger partial charge in [0.05, 0.1) is 23.1 Å². The molecule has 2 heterocycles. The predicted molar refractivity (Wildman–Crippen MR) is 96.5 cm³/mol. The first-order valence-electron chi connectivity index (χ1n) is 8.36. The van der Waals surface area contributed by atoms with Gasteiger partial charge in [-0.15, -0.1) is 0 Å². The normalized spacial score (nSPS) is 11.1. The van der Waals surface area contributed by atoms with E-state index in [1.54, 1.807) is 15.6 Å². The second-order valence-corrected chi connectivity index (χ2v) is 6.46. The van der Waals surface area contributed by atoms with Crippen LogP contribution >= 0.6 is 0 Å². The van der Waals surface area contributed by atoms with Gasteiger partial charge in [-0.3, -0.25) is 9.48 Å². The maximum absolute atomic E-state index is 13.1. The molecular weight excluding hydrogens is 314 g/mol. The molecule has 25 heavy (non-hydrogen) atoms. The SMILES string of the molecule is Cc1nn(-c2ccccc2)cc1C(=O)N(Cc1cnn(C)c1)C(C)C. The zero-order valence-electron chi connectivity index (χ0n) is 15.0. The van der Waals surface area contributed by atoms with Crippen LogP contribution in [0, 0.1) is 6.92 Å². The lowest BCUT2D eigenvalue weighted by atomic mass is 10.2. The van der Waals surface area contributed by atoms with Crippen molar-refractivity contribution in [3.8, 4) is 5.69 Å². The van der Waals surface area contributed by atoms with E-state index < -0.39 is 0 Å². The summed E-state index contributed by atoms with van der Waals surface area (Å²) in [6, 6.07) is 9.88. The number of amides is 1. The van der Waals surface area contributed by atoms with E-state index in [4.69, 9.17) is 0 Å². The Labute approximate surface area is 147 Å². The lowest BCUT2D eigenvalue weighted by Crippen LogP contribution is -2.36. The van der Waals surface area contributed by atoms with Gasteiger partial charge in [-0.1, -0.05) is 18.2 Å². The average molecular weight is 337 g/mol. The Hall–Kier alpha value is -2.89. The molecule has 0 atom stereocenters. The largest absolute Gasteiger partial charge is 0.332 e. The monoisotopic (exact) mass is 337 g/mol. The molecule has 2 aromatic heterocycles. The van der Waals surface area contributed by atoms with Crippen LogP contribution in [-0.4, -0.2) is 36.4 Å². The maximum Gasteiger partial charge on any atom is 0.257 e. The quantitative estimate of drug-likeness (QED) is 0.719. The van der Waals surface area contributed by atoms with Crippen molar-refractivity contribution in [1.82, 2.24) is 24.5 Å². The topological polar surface area (TPSA) is 56.0 Å². The Balaban J connectivity index is 1.88. The van der Waals surface area contributed by atoms with Gasteiger partial charge in [-0.25, -0.2) is 4.68 Å². The molecule has 0 bridgehead atoms. The van der Waals surface area contributed by atoms with Gasteiger partial charge in [0.15, 0.2) is 0 Å². The van der Waals surface area contributed by atoms with Gasteiger partial charge in [0, 0.05) is 37.6 Å². The van der Waals surface area contributed by atoms with Crippen molar-refractivity contribution in [2.75, 3.05) is 0 Å². The number of benzene rings is 1. The molecule has 0 saturated heterocycles. The summed E-state index contributed by atoms with van der Waals surface area (Å²) in [5.41, 5.74) is 3.30. The van der Waals surface area contributed by atoms with Crippen LogP contribution in [0.15, 0.2) is 48.9 Å². The molecule has 1 amide bonds. The first-order valence-corrected chi connectivity index (χ1v) is 8.36. The molecule has 0 spiro atoms. The van der Waals surface area contributed by atoms with E-state index in [1.165, 1.54) is 0 Å². The van der Waals surface area contributed by atoms with Crippen molar-refractivity contribution in [1.29, 1.82) is 0 Å². The van der Waals surface area contributed by atoms with Crippen LogP contribution in [-0.2, 0) is 13.6 Å². The number of nitrogens with zero attached hydrogens (tertiary/aromatic N) is 5. The van der Waals surface area contributed by atoms with Gasteiger partial charge < -0.3 is 4.90 Å². The van der Waals surface area contributed by atoms with Crippen LogP contribution in [0.3, 0.4) is 0 Å². The summed E-state index contributed by atoms with van der Waals surface area (Å²) in [6.07, 6.45) is 5.54. The molecule has 0 radical (unpaired) electrons. The number of para-hydroxylation sites is 1. The summed E-state index contributed by atoms with van der Waals surface area (Å²) in [6.45, 7) is 6.44. The molecule has 0 fully saturated rings.